The van der Waals surface area contributed by atoms with E-state index in [1.807, 2.05) is 59.0 Å². The van der Waals surface area contributed by atoms with Crippen molar-refractivity contribution >= 4 is 40.4 Å². The second kappa shape index (κ2) is 16.0. The van der Waals surface area contributed by atoms with Crippen LogP contribution in [0.25, 0.3) is 11.3 Å². The zero-order chi connectivity index (χ0) is 33.3. The van der Waals surface area contributed by atoms with E-state index >= 15 is 0 Å². The van der Waals surface area contributed by atoms with Gasteiger partial charge in [0.05, 0.1) is 12.1 Å². The third-order valence-electron chi connectivity index (χ3n) is 7.50. The van der Waals surface area contributed by atoms with Crippen LogP contribution in [0.3, 0.4) is 0 Å². The van der Waals surface area contributed by atoms with Gasteiger partial charge in [-0.15, -0.1) is 11.3 Å². The number of hydrogen-bond donors (Lipinski definition) is 2. The standard InChI is InChI=1S/C31H41N5O4S.C4H6O/c1-21-28(24-10-11-26-23(20-24)12-14-36(26)6)34-29(41-21)33-27(37)19-22-8-7-9-25(18-22)39-17-16-35(5)15-13-32-30(38)40-31(2,3)4;5-3-4-1-2-4/h7-11,18,20H,12-17,19H2,1-6H3,(H,32,38)(H,33,34,37);3-4H,1-2H2. The van der Waals surface area contributed by atoms with E-state index in [2.05, 4.69) is 45.7 Å². The minimum absolute atomic E-state index is 0.116. The number of nitrogens with one attached hydrogen (secondary N) is 2. The average Bonchev–Trinajstić information content (AvgIpc) is 3.67. The summed E-state index contributed by atoms with van der Waals surface area (Å²) in [5, 5.41) is 6.34. The Kier molecular flexibility index (Phi) is 12.2. The van der Waals surface area contributed by atoms with E-state index in [9.17, 15) is 14.4 Å². The number of thiazole rings is 1. The van der Waals surface area contributed by atoms with Crippen molar-refractivity contribution in [3.8, 4) is 17.0 Å². The molecule has 1 aliphatic carbocycles. The molecule has 248 valence electrons. The summed E-state index contributed by atoms with van der Waals surface area (Å²) in [4.78, 5) is 44.3. The van der Waals surface area contributed by atoms with Gasteiger partial charge in [-0.1, -0.05) is 18.2 Å². The second-order valence-corrected chi connectivity index (χ2v) is 14.1. The van der Waals surface area contributed by atoms with E-state index in [1.165, 1.54) is 22.6 Å². The molecule has 1 aliphatic heterocycles. The Morgan fingerprint density at radius 2 is 1.93 bits per heavy atom. The Hall–Kier alpha value is -3.96. The summed E-state index contributed by atoms with van der Waals surface area (Å²) in [5.74, 6) is 1.05. The number of benzene rings is 2. The molecule has 0 spiro atoms. The number of aldehydes is 1. The fourth-order valence-electron chi connectivity index (χ4n) is 4.85. The van der Waals surface area contributed by atoms with Crippen molar-refractivity contribution < 1.29 is 23.9 Å². The van der Waals surface area contributed by atoms with E-state index in [0.717, 1.165) is 53.8 Å². The number of likely N-dealkylation sites (N-methyl/N-ethyl adjacent to an activating group) is 2. The van der Waals surface area contributed by atoms with Gasteiger partial charge >= 0.3 is 6.09 Å². The first-order valence-electron chi connectivity index (χ1n) is 15.8. The van der Waals surface area contributed by atoms with Gasteiger partial charge in [0, 0.05) is 55.3 Å². The van der Waals surface area contributed by atoms with Crippen LogP contribution in [0.5, 0.6) is 5.75 Å². The van der Waals surface area contributed by atoms with Crippen molar-refractivity contribution in [3.63, 3.8) is 0 Å². The lowest BCUT2D eigenvalue weighted by molar-refractivity contribution is -0.115. The molecule has 3 aromatic rings. The fourth-order valence-corrected chi connectivity index (χ4v) is 5.70. The van der Waals surface area contributed by atoms with E-state index in [1.54, 1.807) is 0 Å². The number of rotatable bonds is 12. The SMILES string of the molecule is Cc1sc(NC(=O)Cc2cccc(OCCN(C)CCNC(=O)OC(C)(C)C)c2)nc1-c1ccc2c(c1)CCN2C.O=CC1CC1. The van der Waals surface area contributed by atoms with Gasteiger partial charge in [-0.05, 0) is 89.4 Å². The summed E-state index contributed by atoms with van der Waals surface area (Å²) in [6.07, 6.45) is 4.17. The number of nitrogens with zero attached hydrogens (tertiary/aromatic N) is 3. The molecule has 1 fully saturated rings. The Bertz CT molecular complexity index is 1500. The van der Waals surface area contributed by atoms with Crippen LogP contribution < -0.4 is 20.3 Å². The Morgan fingerprint density at radius 1 is 1.15 bits per heavy atom. The van der Waals surface area contributed by atoms with Gasteiger partial charge in [0.25, 0.3) is 0 Å². The highest BCUT2D eigenvalue weighted by atomic mass is 32.1. The third-order valence-corrected chi connectivity index (χ3v) is 8.39. The van der Waals surface area contributed by atoms with Gasteiger partial charge in [0.15, 0.2) is 5.13 Å². The molecule has 1 saturated carbocycles. The summed E-state index contributed by atoms with van der Waals surface area (Å²) < 4.78 is 11.2. The number of alkyl carbamates (subject to hydrolysis) is 1. The lowest BCUT2D eigenvalue weighted by Gasteiger charge is -2.21. The van der Waals surface area contributed by atoms with Gasteiger partial charge in [-0.3, -0.25) is 4.79 Å². The van der Waals surface area contributed by atoms with Crippen molar-refractivity contribution in [2.75, 3.05) is 57.1 Å². The molecule has 0 atom stereocenters. The fraction of sp³-hybridized carbons (Fsp3) is 0.486. The number of anilines is 2. The minimum atomic E-state index is -0.511. The van der Waals surface area contributed by atoms with Crippen LogP contribution in [0.4, 0.5) is 15.6 Å². The Labute approximate surface area is 276 Å². The van der Waals surface area contributed by atoms with Crippen LogP contribution >= 0.6 is 11.3 Å². The number of fused-ring (bicyclic) bond motifs is 1. The average molecular weight is 650 g/mol. The van der Waals surface area contributed by atoms with Gasteiger partial charge in [-0.2, -0.15) is 0 Å². The molecule has 11 heteroatoms. The maximum absolute atomic E-state index is 12.8. The molecule has 2 aromatic carbocycles. The summed E-state index contributed by atoms with van der Waals surface area (Å²) >= 11 is 1.50. The highest BCUT2D eigenvalue weighted by molar-refractivity contribution is 7.16. The first-order valence-corrected chi connectivity index (χ1v) is 16.7. The number of aryl methyl sites for hydroxylation is 1. The topological polar surface area (TPSA) is 113 Å². The predicted octanol–water partition coefficient (Wildman–Crippen LogP) is 5.72. The quantitative estimate of drug-likeness (QED) is 0.240. The molecule has 0 unspecified atom stereocenters. The molecule has 0 bridgehead atoms. The van der Waals surface area contributed by atoms with Crippen molar-refractivity contribution in [2.24, 2.45) is 5.92 Å². The molecule has 2 aliphatic rings. The summed E-state index contributed by atoms with van der Waals surface area (Å²) in [5.41, 5.74) is 4.98. The maximum atomic E-state index is 12.8. The number of carbonyl (C=O) groups is 3. The van der Waals surface area contributed by atoms with Crippen LogP contribution in [-0.2, 0) is 27.2 Å². The smallest absolute Gasteiger partial charge is 0.407 e. The van der Waals surface area contributed by atoms with Gasteiger partial charge in [0.1, 0.15) is 24.2 Å². The van der Waals surface area contributed by atoms with Gasteiger partial charge < -0.3 is 34.7 Å². The Morgan fingerprint density at radius 3 is 2.63 bits per heavy atom. The van der Waals surface area contributed by atoms with E-state index in [-0.39, 0.29) is 12.3 Å². The molecule has 2 N–H and O–H groups in total. The molecule has 46 heavy (non-hydrogen) atoms. The number of carbonyl (C=O) groups excluding carboxylic acids is 3. The summed E-state index contributed by atoms with van der Waals surface area (Å²) in [6, 6.07) is 14.1. The summed E-state index contributed by atoms with van der Waals surface area (Å²) in [7, 11) is 4.08. The van der Waals surface area contributed by atoms with Crippen LogP contribution in [-0.4, -0.2) is 80.7 Å². The predicted molar refractivity (Wildman–Crippen MR) is 184 cm³/mol. The van der Waals surface area contributed by atoms with Crippen LogP contribution in [0.15, 0.2) is 42.5 Å². The molecular weight excluding hydrogens is 602 g/mol. The maximum Gasteiger partial charge on any atom is 0.407 e. The van der Waals surface area contributed by atoms with E-state index in [0.29, 0.717) is 43.0 Å². The number of hydrogen-bond acceptors (Lipinski definition) is 9. The third kappa shape index (κ3) is 11.1. The highest BCUT2D eigenvalue weighted by Gasteiger charge is 2.20. The van der Waals surface area contributed by atoms with Crippen LogP contribution in [0.1, 0.15) is 49.6 Å². The van der Waals surface area contributed by atoms with Crippen molar-refractivity contribution in [1.29, 1.82) is 0 Å². The number of ether oxygens (including phenoxy) is 2. The van der Waals surface area contributed by atoms with Gasteiger partial charge in [-0.25, -0.2) is 9.78 Å². The second-order valence-electron chi connectivity index (χ2n) is 12.9. The lowest BCUT2D eigenvalue weighted by atomic mass is 10.1. The molecule has 0 saturated heterocycles. The van der Waals surface area contributed by atoms with E-state index in [4.69, 9.17) is 14.5 Å². The molecule has 2 amide bonds. The lowest BCUT2D eigenvalue weighted by Crippen LogP contribution is -2.37. The zero-order valence-corrected chi connectivity index (χ0v) is 28.7. The van der Waals surface area contributed by atoms with Crippen LogP contribution in [0, 0.1) is 12.8 Å². The molecule has 2 heterocycles. The van der Waals surface area contributed by atoms with Crippen LogP contribution in [0.2, 0.25) is 0 Å². The van der Waals surface area contributed by atoms with Crippen molar-refractivity contribution in [1.82, 2.24) is 15.2 Å². The molecule has 0 radical (unpaired) electrons. The molecular formula is C35H47N5O5S. The molecule has 10 nitrogen and oxygen atoms in total. The first-order chi connectivity index (χ1) is 21.9. The van der Waals surface area contributed by atoms with Crippen molar-refractivity contribution in [3.05, 3.63) is 58.5 Å². The van der Waals surface area contributed by atoms with E-state index < -0.39 is 11.7 Å². The zero-order valence-electron chi connectivity index (χ0n) is 27.9. The normalized spacial score (nSPS) is 13.8. The molecule has 5 rings (SSSR count). The monoisotopic (exact) mass is 649 g/mol. The number of aromatic nitrogens is 1. The molecule has 1 aromatic heterocycles. The number of amides is 2. The van der Waals surface area contributed by atoms with Gasteiger partial charge in [0.2, 0.25) is 5.91 Å². The summed E-state index contributed by atoms with van der Waals surface area (Å²) in [6.45, 7) is 10.9. The van der Waals surface area contributed by atoms with Crippen molar-refractivity contribution in [2.45, 2.75) is 59.0 Å². The minimum Gasteiger partial charge on any atom is -0.492 e. The Balaban J connectivity index is 0.000000874. The largest absolute Gasteiger partial charge is 0.492 e. The highest BCUT2D eigenvalue weighted by Crippen LogP contribution is 2.35. The first kappa shape index (κ1) is 34.9.